The van der Waals surface area contributed by atoms with E-state index in [0.29, 0.717) is 5.69 Å². The van der Waals surface area contributed by atoms with Gasteiger partial charge in [-0.15, -0.1) is 0 Å². The molecule has 1 aromatic heterocycles. The fourth-order valence-corrected chi connectivity index (χ4v) is 1.26. The van der Waals surface area contributed by atoms with Gasteiger partial charge in [0.2, 0.25) is 0 Å². The van der Waals surface area contributed by atoms with Crippen molar-refractivity contribution in [1.29, 1.82) is 0 Å². The van der Waals surface area contributed by atoms with Crippen LogP contribution in [0.2, 0.25) is 0 Å². The highest BCUT2D eigenvalue weighted by Crippen LogP contribution is 2.27. The number of nitrogen functional groups attached to an aromatic ring is 1. The molecule has 3 N–H and O–H groups in total. The molecule has 76 valence electrons. The van der Waals surface area contributed by atoms with Crippen molar-refractivity contribution in [3.63, 3.8) is 0 Å². The quantitative estimate of drug-likeness (QED) is 0.775. The molecule has 0 radical (unpaired) electrons. The van der Waals surface area contributed by atoms with Crippen molar-refractivity contribution in [3.8, 4) is 11.3 Å². The number of anilines is 1. The molecule has 1 aromatic carbocycles. The first-order valence-electron chi connectivity index (χ1n) is 4.24. The van der Waals surface area contributed by atoms with E-state index in [1.54, 1.807) is 12.1 Å². The van der Waals surface area contributed by atoms with Gasteiger partial charge in [0.15, 0.2) is 0 Å². The van der Waals surface area contributed by atoms with Crippen molar-refractivity contribution in [2.45, 2.75) is 0 Å². The van der Waals surface area contributed by atoms with E-state index >= 15 is 0 Å². The topological polar surface area (TPSA) is 89.4 Å². The second-order valence-electron chi connectivity index (χ2n) is 2.95. The van der Waals surface area contributed by atoms with Gasteiger partial charge >= 0.3 is 5.97 Å². The van der Waals surface area contributed by atoms with Gasteiger partial charge in [0.1, 0.15) is 11.4 Å². The number of benzene rings is 1. The molecule has 0 aliphatic carbocycles. The summed E-state index contributed by atoms with van der Waals surface area (Å²) in [7, 11) is 0. The smallest absolute Gasteiger partial charge is 0.376 e. The molecule has 0 saturated heterocycles. The fourth-order valence-electron chi connectivity index (χ4n) is 1.26. The minimum absolute atomic E-state index is 0.0497. The SMILES string of the molecule is Nc1c(-c2ccccc2)noc1C(=O)O. The average molecular weight is 204 g/mol. The van der Waals surface area contributed by atoms with Gasteiger partial charge in [-0.05, 0) is 0 Å². The van der Waals surface area contributed by atoms with E-state index in [-0.39, 0.29) is 11.4 Å². The highest BCUT2D eigenvalue weighted by atomic mass is 16.5. The molecule has 0 aliphatic heterocycles. The predicted octanol–water partition coefficient (Wildman–Crippen LogP) is 1.62. The van der Waals surface area contributed by atoms with E-state index in [4.69, 9.17) is 10.8 Å². The first kappa shape index (κ1) is 9.26. The molecular weight excluding hydrogens is 196 g/mol. The van der Waals surface area contributed by atoms with Crippen molar-refractivity contribution in [1.82, 2.24) is 5.16 Å². The van der Waals surface area contributed by atoms with E-state index in [2.05, 4.69) is 9.68 Å². The summed E-state index contributed by atoms with van der Waals surface area (Å²) in [4.78, 5) is 10.7. The molecule has 0 unspecified atom stereocenters. The van der Waals surface area contributed by atoms with Gasteiger partial charge < -0.3 is 15.4 Å². The van der Waals surface area contributed by atoms with Crippen LogP contribution in [0.3, 0.4) is 0 Å². The number of hydrogen-bond acceptors (Lipinski definition) is 4. The van der Waals surface area contributed by atoms with Crippen LogP contribution < -0.4 is 5.73 Å². The van der Waals surface area contributed by atoms with Crippen molar-refractivity contribution in [2.24, 2.45) is 0 Å². The summed E-state index contributed by atoms with van der Waals surface area (Å²) in [6.07, 6.45) is 0. The molecule has 0 aliphatic rings. The summed E-state index contributed by atoms with van der Waals surface area (Å²) >= 11 is 0. The van der Waals surface area contributed by atoms with Gasteiger partial charge in [0.25, 0.3) is 5.76 Å². The van der Waals surface area contributed by atoms with E-state index in [1.165, 1.54) is 0 Å². The Balaban J connectivity index is 2.52. The van der Waals surface area contributed by atoms with E-state index in [0.717, 1.165) is 5.56 Å². The molecule has 1 heterocycles. The fraction of sp³-hybridized carbons (Fsp3) is 0. The first-order valence-corrected chi connectivity index (χ1v) is 4.24. The Hall–Kier alpha value is -2.30. The van der Waals surface area contributed by atoms with Gasteiger partial charge in [-0.2, -0.15) is 0 Å². The highest BCUT2D eigenvalue weighted by molar-refractivity contribution is 5.94. The Bertz CT molecular complexity index is 491. The van der Waals surface area contributed by atoms with Gasteiger partial charge in [-0.3, -0.25) is 0 Å². The number of carbonyl (C=O) groups is 1. The van der Waals surface area contributed by atoms with Crippen LogP contribution in [0, 0.1) is 0 Å². The van der Waals surface area contributed by atoms with E-state index in [1.807, 2.05) is 18.2 Å². The Kier molecular flexibility index (Phi) is 2.13. The Labute approximate surface area is 85.1 Å². The second kappa shape index (κ2) is 3.45. The number of hydrogen-bond donors (Lipinski definition) is 2. The van der Waals surface area contributed by atoms with Crippen molar-refractivity contribution >= 4 is 11.7 Å². The number of aromatic nitrogens is 1. The number of nitrogens with zero attached hydrogens (tertiary/aromatic N) is 1. The Morgan fingerprint density at radius 3 is 2.53 bits per heavy atom. The van der Waals surface area contributed by atoms with Crippen LogP contribution in [0.15, 0.2) is 34.9 Å². The maximum Gasteiger partial charge on any atom is 0.376 e. The molecule has 0 saturated carbocycles. The summed E-state index contributed by atoms with van der Waals surface area (Å²) < 4.78 is 4.64. The molecule has 5 heteroatoms. The van der Waals surface area contributed by atoms with Crippen LogP contribution >= 0.6 is 0 Å². The summed E-state index contributed by atoms with van der Waals surface area (Å²) in [6.45, 7) is 0. The molecule has 0 atom stereocenters. The third-order valence-corrected chi connectivity index (χ3v) is 1.97. The first-order chi connectivity index (χ1) is 7.20. The average Bonchev–Trinajstić information content (AvgIpc) is 2.61. The lowest BCUT2D eigenvalue weighted by atomic mass is 10.1. The van der Waals surface area contributed by atoms with Crippen LogP contribution in [0.5, 0.6) is 0 Å². The number of nitrogens with two attached hydrogens (primary N) is 1. The van der Waals surface area contributed by atoms with Gasteiger partial charge in [0.05, 0.1) is 0 Å². The molecule has 2 aromatic rings. The minimum Gasteiger partial charge on any atom is -0.475 e. The van der Waals surface area contributed by atoms with Gasteiger partial charge in [-0.1, -0.05) is 35.5 Å². The number of rotatable bonds is 2. The molecule has 0 amide bonds. The van der Waals surface area contributed by atoms with E-state index in [9.17, 15) is 4.79 Å². The zero-order chi connectivity index (χ0) is 10.8. The maximum atomic E-state index is 10.7. The van der Waals surface area contributed by atoms with Crippen LogP contribution in [0.1, 0.15) is 10.6 Å². The zero-order valence-corrected chi connectivity index (χ0v) is 7.68. The number of carboxylic acids is 1. The third-order valence-electron chi connectivity index (χ3n) is 1.97. The predicted molar refractivity (Wildman–Crippen MR) is 53.3 cm³/mol. The van der Waals surface area contributed by atoms with Crippen molar-refractivity contribution < 1.29 is 14.4 Å². The molecular formula is C10H8N2O3. The van der Waals surface area contributed by atoms with Gasteiger partial charge in [-0.25, -0.2) is 4.79 Å². The lowest BCUT2D eigenvalue weighted by Gasteiger charge is -1.95. The lowest BCUT2D eigenvalue weighted by Crippen LogP contribution is -1.99. The Morgan fingerprint density at radius 2 is 2.00 bits per heavy atom. The van der Waals surface area contributed by atoms with Crippen LogP contribution in [-0.4, -0.2) is 16.2 Å². The van der Waals surface area contributed by atoms with Crippen LogP contribution in [-0.2, 0) is 0 Å². The monoisotopic (exact) mass is 204 g/mol. The second-order valence-corrected chi connectivity index (χ2v) is 2.95. The molecule has 2 rings (SSSR count). The van der Waals surface area contributed by atoms with Crippen LogP contribution in [0.25, 0.3) is 11.3 Å². The van der Waals surface area contributed by atoms with Gasteiger partial charge in [0, 0.05) is 5.56 Å². The van der Waals surface area contributed by atoms with Crippen molar-refractivity contribution in [3.05, 3.63) is 36.1 Å². The summed E-state index contributed by atoms with van der Waals surface area (Å²) in [5.41, 5.74) is 6.73. The highest BCUT2D eigenvalue weighted by Gasteiger charge is 2.19. The van der Waals surface area contributed by atoms with E-state index < -0.39 is 5.97 Å². The third kappa shape index (κ3) is 1.54. The lowest BCUT2D eigenvalue weighted by molar-refractivity contribution is 0.0653. The Morgan fingerprint density at radius 1 is 1.33 bits per heavy atom. The summed E-state index contributed by atoms with van der Waals surface area (Å²) in [6, 6.07) is 9.02. The minimum atomic E-state index is -1.22. The standard InChI is InChI=1S/C10H8N2O3/c11-7-8(6-4-2-1-3-5-6)12-15-9(7)10(13)14/h1-5H,11H2,(H,13,14). The number of aromatic carboxylic acids is 1. The molecule has 0 bridgehead atoms. The largest absolute Gasteiger partial charge is 0.475 e. The summed E-state index contributed by atoms with van der Waals surface area (Å²) in [5.74, 6) is -1.55. The molecule has 0 spiro atoms. The molecule has 5 nitrogen and oxygen atoms in total. The molecule has 0 fully saturated rings. The maximum absolute atomic E-state index is 10.7. The molecule has 15 heavy (non-hydrogen) atoms. The number of carboxylic acid groups (broad SMARTS) is 1. The zero-order valence-electron chi connectivity index (χ0n) is 7.68. The van der Waals surface area contributed by atoms with Crippen molar-refractivity contribution in [2.75, 3.05) is 5.73 Å². The summed E-state index contributed by atoms with van der Waals surface area (Å²) in [5, 5.41) is 12.3. The van der Waals surface area contributed by atoms with Crippen LogP contribution in [0.4, 0.5) is 5.69 Å². The normalized spacial score (nSPS) is 10.1.